The molecular weight excluding hydrogens is 293 g/mol. The quantitative estimate of drug-likeness (QED) is 0.859. The lowest BCUT2D eigenvalue weighted by molar-refractivity contribution is -0.138. The zero-order valence-corrected chi connectivity index (χ0v) is 11.5. The van der Waals surface area contributed by atoms with E-state index in [2.05, 4.69) is 0 Å². The van der Waals surface area contributed by atoms with Gasteiger partial charge in [0.15, 0.2) is 9.84 Å². The summed E-state index contributed by atoms with van der Waals surface area (Å²) in [6.45, 7) is 0.513. The molecule has 1 atom stereocenters. The summed E-state index contributed by atoms with van der Waals surface area (Å²) in [5, 5.41) is 0. The fourth-order valence-corrected chi connectivity index (χ4v) is 3.95. The maximum Gasteiger partial charge on any atom is 0.416 e. The Bertz CT molecular complexity index is 560. The van der Waals surface area contributed by atoms with Gasteiger partial charge in [-0.3, -0.25) is 0 Å². The molecule has 0 N–H and O–H groups in total. The Kier molecular flexibility index (Phi) is 4.39. The predicted octanol–water partition coefficient (Wildman–Crippen LogP) is 2.80. The number of rotatable bonds is 4. The molecule has 20 heavy (non-hydrogen) atoms. The molecule has 0 aliphatic carbocycles. The molecule has 112 valence electrons. The summed E-state index contributed by atoms with van der Waals surface area (Å²) in [6, 6.07) is 4.76. The number of hydrogen-bond donors (Lipinski definition) is 0. The number of alkyl halides is 3. The van der Waals surface area contributed by atoms with E-state index < -0.39 is 33.4 Å². The summed E-state index contributed by atoms with van der Waals surface area (Å²) in [6.07, 6.45) is -3.51. The van der Waals surface area contributed by atoms with Crippen LogP contribution in [0, 0.1) is 0 Å². The maximum absolute atomic E-state index is 12.8. The minimum Gasteiger partial charge on any atom is -0.377 e. The first-order valence-electron chi connectivity index (χ1n) is 6.25. The first-order chi connectivity index (χ1) is 9.28. The Balaban J connectivity index is 2.16. The second-order valence-corrected chi connectivity index (χ2v) is 6.95. The van der Waals surface area contributed by atoms with Crippen LogP contribution in [0.5, 0.6) is 0 Å². The van der Waals surface area contributed by atoms with Crippen molar-refractivity contribution in [2.75, 3.05) is 12.4 Å². The molecule has 1 saturated heterocycles. The Morgan fingerprint density at radius 1 is 1.25 bits per heavy atom. The smallest absolute Gasteiger partial charge is 0.377 e. The lowest BCUT2D eigenvalue weighted by Crippen LogP contribution is -2.22. The number of sulfone groups is 1. The highest BCUT2D eigenvalue weighted by Crippen LogP contribution is 2.32. The van der Waals surface area contributed by atoms with Gasteiger partial charge < -0.3 is 4.74 Å². The van der Waals surface area contributed by atoms with Crippen LogP contribution in [0.25, 0.3) is 0 Å². The molecule has 0 spiro atoms. The van der Waals surface area contributed by atoms with E-state index >= 15 is 0 Å². The van der Waals surface area contributed by atoms with Gasteiger partial charge in [-0.15, -0.1) is 0 Å². The molecule has 1 aliphatic rings. The minimum absolute atomic E-state index is 0.210. The molecule has 0 amide bonds. The van der Waals surface area contributed by atoms with E-state index in [9.17, 15) is 21.6 Å². The molecule has 0 radical (unpaired) electrons. The average molecular weight is 308 g/mol. The summed E-state index contributed by atoms with van der Waals surface area (Å²) < 4.78 is 67.6. The topological polar surface area (TPSA) is 43.4 Å². The molecule has 3 nitrogen and oxygen atoms in total. The molecular formula is C13H15F3O3S. The fraction of sp³-hybridized carbons (Fsp3) is 0.538. The summed E-state index contributed by atoms with van der Waals surface area (Å²) in [5.74, 6) is -0.832. The molecule has 1 aromatic carbocycles. The van der Waals surface area contributed by atoms with Crippen LogP contribution < -0.4 is 0 Å². The second-order valence-electron chi connectivity index (χ2n) is 4.84. The average Bonchev–Trinajstić information content (AvgIpc) is 2.79. The zero-order chi connectivity index (χ0) is 14.8. The van der Waals surface area contributed by atoms with Crippen molar-refractivity contribution in [2.24, 2.45) is 0 Å². The van der Waals surface area contributed by atoms with Crippen LogP contribution in [0.1, 0.15) is 24.0 Å². The SMILES string of the molecule is O=S(=O)(Cc1ccccc1C(F)(F)F)CC1CCCO1. The van der Waals surface area contributed by atoms with Crippen molar-refractivity contribution in [3.05, 3.63) is 35.4 Å². The van der Waals surface area contributed by atoms with Gasteiger partial charge in [0.2, 0.25) is 0 Å². The first kappa shape index (κ1) is 15.3. The lowest BCUT2D eigenvalue weighted by atomic mass is 10.1. The van der Waals surface area contributed by atoms with Crippen LogP contribution in [0.2, 0.25) is 0 Å². The first-order valence-corrected chi connectivity index (χ1v) is 8.07. The fourth-order valence-electron chi connectivity index (χ4n) is 2.28. The van der Waals surface area contributed by atoms with Gasteiger partial charge in [-0.05, 0) is 24.5 Å². The van der Waals surface area contributed by atoms with Crippen molar-refractivity contribution < 1.29 is 26.3 Å². The van der Waals surface area contributed by atoms with Crippen LogP contribution in [0.15, 0.2) is 24.3 Å². The minimum atomic E-state index is -4.55. The molecule has 1 unspecified atom stereocenters. The van der Waals surface area contributed by atoms with Gasteiger partial charge in [0.25, 0.3) is 0 Å². The van der Waals surface area contributed by atoms with Gasteiger partial charge in [-0.25, -0.2) is 8.42 Å². The van der Waals surface area contributed by atoms with Gasteiger partial charge in [0, 0.05) is 6.61 Å². The normalized spacial score (nSPS) is 20.2. The van der Waals surface area contributed by atoms with E-state index in [1.54, 1.807) is 0 Å². The molecule has 1 fully saturated rings. The number of halogens is 3. The lowest BCUT2D eigenvalue weighted by Gasteiger charge is -2.14. The van der Waals surface area contributed by atoms with Crippen molar-refractivity contribution >= 4 is 9.84 Å². The molecule has 1 aliphatic heterocycles. The second kappa shape index (κ2) is 5.73. The molecule has 0 aromatic heterocycles. The third kappa shape index (κ3) is 3.96. The third-order valence-corrected chi connectivity index (χ3v) is 4.79. The van der Waals surface area contributed by atoms with Crippen molar-refractivity contribution in [3.8, 4) is 0 Å². The van der Waals surface area contributed by atoms with Gasteiger partial charge in [0.05, 0.1) is 23.2 Å². The van der Waals surface area contributed by atoms with Crippen molar-refractivity contribution in [2.45, 2.75) is 30.9 Å². The van der Waals surface area contributed by atoms with Gasteiger partial charge in [0.1, 0.15) is 0 Å². The predicted molar refractivity (Wildman–Crippen MR) is 67.9 cm³/mol. The van der Waals surface area contributed by atoms with E-state index in [0.717, 1.165) is 12.5 Å². The Morgan fingerprint density at radius 3 is 2.55 bits per heavy atom. The summed E-state index contributed by atoms with van der Waals surface area (Å²) in [5.41, 5.74) is -1.10. The summed E-state index contributed by atoms with van der Waals surface area (Å²) in [7, 11) is -3.63. The van der Waals surface area contributed by atoms with Crippen molar-refractivity contribution in [3.63, 3.8) is 0 Å². The standard InChI is InChI=1S/C13H15F3O3S/c14-13(15,16)12-6-2-1-4-10(12)8-20(17,18)9-11-5-3-7-19-11/h1-2,4,6,11H,3,5,7-9H2. The van der Waals surface area contributed by atoms with E-state index in [4.69, 9.17) is 4.74 Å². The molecule has 0 bridgehead atoms. The summed E-state index contributed by atoms with van der Waals surface area (Å²) >= 11 is 0. The molecule has 2 rings (SSSR count). The Labute approximate surface area is 115 Å². The highest BCUT2D eigenvalue weighted by atomic mass is 32.2. The Hall–Kier alpha value is -1.08. The highest BCUT2D eigenvalue weighted by Gasteiger charge is 2.34. The van der Waals surface area contributed by atoms with Crippen molar-refractivity contribution in [1.29, 1.82) is 0 Å². The van der Waals surface area contributed by atoms with Crippen LogP contribution in [-0.4, -0.2) is 26.9 Å². The van der Waals surface area contributed by atoms with E-state index in [1.807, 2.05) is 0 Å². The molecule has 1 heterocycles. The molecule has 7 heteroatoms. The molecule has 0 saturated carbocycles. The molecule has 1 aromatic rings. The summed E-state index contributed by atoms with van der Waals surface area (Å²) in [4.78, 5) is 0. The van der Waals surface area contributed by atoms with E-state index in [0.29, 0.717) is 13.0 Å². The van der Waals surface area contributed by atoms with Gasteiger partial charge in [-0.1, -0.05) is 18.2 Å². The largest absolute Gasteiger partial charge is 0.416 e. The van der Waals surface area contributed by atoms with Crippen LogP contribution >= 0.6 is 0 Å². The van der Waals surface area contributed by atoms with Gasteiger partial charge in [-0.2, -0.15) is 13.2 Å². The monoisotopic (exact) mass is 308 g/mol. The maximum atomic E-state index is 12.8. The van der Waals surface area contributed by atoms with Crippen LogP contribution in [0.4, 0.5) is 13.2 Å². The third-order valence-electron chi connectivity index (χ3n) is 3.16. The van der Waals surface area contributed by atoms with E-state index in [-0.39, 0.29) is 11.3 Å². The zero-order valence-electron chi connectivity index (χ0n) is 10.7. The van der Waals surface area contributed by atoms with Crippen molar-refractivity contribution in [1.82, 2.24) is 0 Å². The van der Waals surface area contributed by atoms with Crippen LogP contribution in [-0.2, 0) is 26.5 Å². The number of hydrogen-bond acceptors (Lipinski definition) is 3. The van der Waals surface area contributed by atoms with E-state index in [1.165, 1.54) is 18.2 Å². The van der Waals surface area contributed by atoms with Crippen LogP contribution in [0.3, 0.4) is 0 Å². The highest BCUT2D eigenvalue weighted by molar-refractivity contribution is 7.90. The number of ether oxygens (including phenoxy) is 1. The Morgan fingerprint density at radius 2 is 1.95 bits per heavy atom. The number of benzene rings is 1. The van der Waals surface area contributed by atoms with Gasteiger partial charge >= 0.3 is 6.18 Å².